The lowest BCUT2D eigenvalue weighted by Crippen LogP contribution is -1.89. The molecule has 0 aliphatic rings. The first-order chi connectivity index (χ1) is 5.24. The van der Waals surface area contributed by atoms with E-state index < -0.39 is 0 Å². The maximum Gasteiger partial charge on any atom is 0.213 e. The number of rotatable bonds is 2. The number of pyridine rings is 1. The van der Waals surface area contributed by atoms with Gasteiger partial charge in [-0.3, -0.25) is 0 Å². The number of aromatic nitrogens is 1. The van der Waals surface area contributed by atoms with Crippen LogP contribution in [0.5, 0.6) is 5.88 Å². The van der Waals surface area contributed by atoms with Crippen LogP contribution in [0.4, 0.5) is 0 Å². The summed E-state index contributed by atoms with van der Waals surface area (Å²) in [5.74, 6) is 0.546. The molecule has 0 saturated heterocycles. The largest absolute Gasteiger partial charge is 0.481 e. The van der Waals surface area contributed by atoms with E-state index in [0.717, 1.165) is 0 Å². The van der Waals surface area contributed by atoms with Crippen LogP contribution in [-0.4, -0.2) is 12.1 Å². The normalized spacial score (nSPS) is 9.27. The molecule has 0 aromatic carbocycles. The van der Waals surface area contributed by atoms with Crippen molar-refractivity contribution in [3.8, 4) is 5.88 Å². The quantitative estimate of drug-likeness (QED) is 0.678. The molecule has 0 unspecified atom stereocenters. The van der Waals surface area contributed by atoms with E-state index in [1.54, 1.807) is 19.2 Å². The van der Waals surface area contributed by atoms with E-state index in [1.165, 1.54) is 0 Å². The Hall–Kier alpha value is -1.02. The number of methoxy groups -OCH3 is 1. The molecule has 0 fully saturated rings. The zero-order valence-corrected chi connectivity index (χ0v) is 6.93. The minimum atomic E-state index is 0.420. The number of hydrogen-bond acceptors (Lipinski definition) is 2. The molecule has 0 saturated carbocycles. The highest BCUT2D eigenvalue weighted by molar-refractivity contribution is 6.48. The molecular formula is C8H8ClNO. The molecule has 0 spiro atoms. The van der Waals surface area contributed by atoms with Crippen molar-refractivity contribution in [2.45, 2.75) is 0 Å². The lowest BCUT2D eigenvalue weighted by atomic mass is 10.3. The molecule has 0 bridgehead atoms. The van der Waals surface area contributed by atoms with E-state index in [9.17, 15) is 0 Å². The Morgan fingerprint density at radius 3 is 2.91 bits per heavy atom. The fourth-order valence-electron chi connectivity index (χ4n) is 0.680. The highest BCUT2D eigenvalue weighted by Gasteiger charge is 1.97. The van der Waals surface area contributed by atoms with Gasteiger partial charge in [0.25, 0.3) is 0 Å². The van der Waals surface area contributed by atoms with Crippen LogP contribution in [0.2, 0.25) is 0 Å². The Labute approximate surface area is 70.5 Å². The van der Waals surface area contributed by atoms with Gasteiger partial charge in [0.2, 0.25) is 5.88 Å². The summed E-state index contributed by atoms with van der Waals surface area (Å²) in [4.78, 5) is 4.04. The average Bonchev–Trinajstić information content (AvgIpc) is 2.05. The van der Waals surface area contributed by atoms with Crippen LogP contribution >= 0.6 is 11.6 Å². The van der Waals surface area contributed by atoms with Crippen LogP contribution < -0.4 is 4.74 Å². The van der Waals surface area contributed by atoms with Gasteiger partial charge >= 0.3 is 0 Å². The monoisotopic (exact) mass is 169 g/mol. The highest BCUT2D eigenvalue weighted by Crippen LogP contribution is 2.16. The van der Waals surface area contributed by atoms with Gasteiger partial charge in [-0.1, -0.05) is 24.2 Å². The molecule has 11 heavy (non-hydrogen) atoms. The summed E-state index contributed by atoms with van der Waals surface area (Å²) < 4.78 is 4.89. The average molecular weight is 170 g/mol. The van der Waals surface area contributed by atoms with Crippen molar-refractivity contribution in [1.29, 1.82) is 0 Å². The first-order valence-electron chi connectivity index (χ1n) is 3.10. The van der Waals surface area contributed by atoms with E-state index in [0.29, 0.717) is 16.6 Å². The molecular weight excluding hydrogens is 162 g/mol. The summed E-state index contributed by atoms with van der Waals surface area (Å²) in [6, 6.07) is 5.34. The molecule has 1 heterocycles. The summed E-state index contributed by atoms with van der Waals surface area (Å²) in [7, 11) is 1.56. The van der Waals surface area contributed by atoms with Crippen molar-refractivity contribution in [3.63, 3.8) is 0 Å². The van der Waals surface area contributed by atoms with Crippen LogP contribution in [0.3, 0.4) is 0 Å². The molecule has 1 aromatic rings. The van der Waals surface area contributed by atoms with Crippen molar-refractivity contribution in [2.24, 2.45) is 0 Å². The third kappa shape index (κ3) is 1.95. The lowest BCUT2D eigenvalue weighted by molar-refractivity contribution is 0.397. The zero-order chi connectivity index (χ0) is 8.27. The van der Waals surface area contributed by atoms with Crippen molar-refractivity contribution in [2.75, 3.05) is 7.11 Å². The second kappa shape index (κ2) is 3.39. The molecule has 0 aliphatic carbocycles. The Balaban J connectivity index is 3.01. The van der Waals surface area contributed by atoms with Gasteiger partial charge in [0.05, 0.1) is 17.8 Å². The second-order valence-corrected chi connectivity index (χ2v) is 2.43. The molecule has 0 N–H and O–H groups in total. The van der Waals surface area contributed by atoms with Crippen molar-refractivity contribution in [1.82, 2.24) is 4.98 Å². The molecule has 2 nitrogen and oxygen atoms in total. The van der Waals surface area contributed by atoms with Crippen molar-refractivity contribution < 1.29 is 4.74 Å². The molecule has 0 amide bonds. The molecule has 0 aliphatic heterocycles. The number of halogens is 1. The van der Waals surface area contributed by atoms with Gasteiger partial charge < -0.3 is 4.74 Å². The van der Waals surface area contributed by atoms with Gasteiger partial charge in [-0.15, -0.1) is 0 Å². The third-order valence-electron chi connectivity index (χ3n) is 1.21. The third-order valence-corrected chi connectivity index (χ3v) is 1.40. The van der Waals surface area contributed by atoms with Gasteiger partial charge in [-0.2, -0.15) is 0 Å². The van der Waals surface area contributed by atoms with E-state index in [1.807, 2.05) is 6.07 Å². The predicted molar refractivity (Wildman–Crippen MR) is 45.7 cm³/mol. The summed E-state index contributed by atoms with van der Waals surface area (Å²) in [5, 5.41) is 0.420. The summed E-state index contributed by atoms with van der Waals surface area (Å²) in [6.45, 7) is 3.55. The van der Waals surface area contributed by atoms with Gasteiger partial charge in [-0.25, -0.2) is 4.98 Å². The van der Waals surface area contributed by atoms with E-state index in [4.69, 9.17) is 16.3 Å². The standard InChI is InChI=1S/C8H8ClNO/c1-6(9)7-4-3-5-8(10-7)11-2/h3-5H,1H2,2H3. The van der Waals surface area contributed by atoms with Gasteiger partial charge in [-0.05, 0) is 6.07 Å². The minimum absolute atomic E-state index is 0.420. The second-order valence-electron chi connectivity index (χ2n) is 1.97. The van der Waals surface area contributed by atoms with Crippen LogP contribution in [0.15, 0.2) is 24.8 Å². The van der Waals surface area contributed by atoms with Crippen LogP contribution in [0, 0.1) is 0 Å². The Bertz CT molecular complexity index is 273. The van der Waals surface area contributed by atoms with Crippen molar-refractivity contribution in [3.05, 3.63) is 30.5 Å². The number of nitrogens with zero attached hydrogens (tertiary/aromatic N) is 1. The molecule has 58 valence electrons. The van der Waals surface area contributed by atoms with Crippen LogP contribution in [0.1, 0.15) is 5.69 Å². The van der Waals surface area contributed by atoms with Crippen LogP contribution in [-0.2, 0) is 0 Å². The van der Waals surface area contributed by atoms with Crippen molar-refractivity contribution >= 4 is 16.6 Å². The molecule has 1 rings (SSSR count). The van der Waals surface area contributed by atoms with Gasteiger partial charge in [0, 0.05) is 6.07 Å². The Kier molecular flexibility index (Phi) is 2.49. The van der Waals surface area contributed by atoms with E-state index in [-0.39, 0.29) is 0 Å². The Morgan fingerprint density at radius 1 is 1.64 bits per heavy atom. The fraction of sp³-hybridized carbons (Fsp3) is 0.125. The summed E-state index contributed by atoms with van der Waals surface area (Å²) >= 11 is 5.62. The number of ether oxygens (including phenoxy) is 1. The SMILES string of the molecule is C=C(Cl)c1cccc(OC)n1. The molecule has 0 atom stereocenters. The van der Waals surface area contributed by atoms with Gasteiger partial charge in [0.1, 0.15) is 0 Å². The summed E-state index contributed by atoms with van der Waals surface area (Å²) in [5.41, 5.74) is 0.644. The molecule has 0 radical (unpaired) electrons. The maximum atomic E-state index is 5.62. The highest BCUT2D eigenvalue weighted by atomic mass is 35.5. The zero-order valence-electron chi connectivity index (χ0n) is 6.17. The molecule has 3 heteroatoms. The van der Waals surface area contributed by atoms with E-state index in [2.05, 4.69) is 11.6 Å². The van der Waals surface area contributed by atoms with E-state index >= 15 is 0 Å². The number of hydrogen-bond donors (Lipinski definition) is 0. The predicted octanol–water partition coefficient (Wildman–Crippen LogP) is 2.30. The molecule has 1 aromatic heterocycles. The first-order valence-corrected chi connectivity index (χ1v) is 3.47. The fourth-order valence-corrected chi connectivity index (χ4v) is 0.785. The maximum absolute atomic E-state index is 5.62. The van der Waals surface area contributed by atoms with Gasteiger partial charge in [0.15, 0.2) is 0 Å². The lowest BCUT2D eigenvalue weighted by Gasteiger charge is -1.99. The minimum Gasteiger partial charge on any atom is -0.481 e. The summed E-state index contributed by atoms with van der Waals surface area (Å²) in [6.07, 6.45) is 0. The topological polar surface area (TPSA) is 22.1 Å². The van der Waals surface area contributed by atoms with Crippen LogP contribution in [0.25, 0.3) is 5.03 Å². The first kappa shape index (κ1) is 8.08. The Morgan fingerprint density at radius 2 is 2.36 bits per heavy atom. The smallest absolute Gasteiger partial charge is 0.213 e.